The lowest BCUT2D eigenvalue weighted by Crippen LogP contribution is -2.34. The number of nitrogens with one attached hydrogen (secondary N) is 1. The molecular formula is C7H13N2O. The van der Waals surface area contributed by atoms with Crippen LogP contribution >= 0.6 is 0 Å². The predicted octanol–water partition coefficient (Wildman–Crippen LogP) is 1.15. The molecule has 0 bridgehead atoms. The Bertz CT molecular complexity index is 119. The number of nitrogens with two attached hydrogens (primary N) is 1. The van der Waals surface area contributed by atoms with Crippen LogP contribution in [0.3, 0.4) is 0 Å². The third-order valence-corrected chi connectivity index (χ3v) is 1.76. The van der Waals surface area contributed by atoms with Gasteiger partial charge in [-0.15, -0.1) is 0 Å². The molecule has 1 radical (unpaired) electrons. The minimum atomic E-state index is -0.420. The summed E-state index contributed by atoms with van der Waals surface area (Å²) in [6, 6.07) is 0.690. The molecular weight excluding hydrogens is 128 g/mol. The molecule has 1 aliphatic carbocycles. The first-order chi connectivity index (χ1) is 4.79. The second-order valence-electron chi connectivity index (χ2n) is 2.65. The molecule has 57 valence electrons. The summed E-state index contributed by atoms with van der Waals surface area (Å²) in [6.45, 7) is 0. The van der Waals surface area contributed by atoms with E-state index in [-0.39, 0.29) is 0 Å². The van der Waals surface area contributed by atoms with Gasteiger partial charge in [-0.2, -0.15) is 0 Å². The van der Waals surface area contributed by atoms with E-state index >= 15 is 0 Å². The van der Waals surface area contributed by atoms with E-state index in [1.54, 1.807) is 0 Å². The summed E-state index contributed by atoms with van der Waals surface area (Å²) >= 11 is 0. The van der Waals surface area contributed by atoms with Crippen molar-refractivity contribution in [3.63, 3.8) is 0 Å². The average molecular weight is 141 g/mol. The number of primary amides is 1. The maximum Gasteiger partial charge on any atom is 0.312 e. The number of hydrogen-bond acceptors (Lipinski definition) is 1. The van der Waals surface area contributed by atoms with Gasteiger partial charge < -0.3 is 11.1 Å². The van der Waals surface area contributed by atoms with Gasteiger partial charge in [0, 0.05) is 0 Å². The Balaban J connectivity index is 2.19. The van der Waals surface area contributed by atoms with Gasteiger partial charge in [0.1, 0.15) is 0 Å². The molecule has 0 atom stereocenters. The molecule has 1 rings (SSSR count). The summed E-state index contributed by atoms with van der Waals surface area (Å²) < 4.78 is 0. The molecule has 0 spiro atoms. The zero-order valence-corrected chi connectivity index (χ0v) is 6.02. The summed E-state index contributed by atoms with van der Waals surface area (Å²) in [7, 11) is 0. The molecule has 0 aromatic heterocycles. The fraction of sp³-hybridized carbons (Fsp3) is 0.714. The number of amides is 2. The Labute approximate surface area is 61.0 Å². The Kier molecular flexibility index (Phi) is 2.54. The fourth-order valence-corrected chi connectivity index (χ4v) is 1.28. The topological polar surface area (TPSA) is 55.1 Å². The van der Waals surface area contributed by atoms with Gasteiger partial charge in [0.25, 0.3) is 0 Å². The molecule has 10 heavy (non-hydrogen) atoms. The van der Waals surface area contributed by atoms with Crippen LogP contribution in [0.15, 0.2) is 0 Å². The zero-order valence-electron chi connectivity index (χ0n) is 6.02. The monoisotopic (exact) mass is 141 g/mol. The summed E-state index contributed by atoms with van der Waals surface area (Å²) in [5, 5.41) is 2.64. The minimum Gasteiger partial charge on any atom is -0.352 e. The number of urea groups is 1. The minimum absolute atomic E-state index is 0.420. The van der Waals surface area contributed by atoms with Crippen LogP contribution in [0.5, 0.6) is 0 Å². The van der Waals surface area contributed by atoms with Gasteiger partial charge in [0.2, 0.25) is 0 Å². The Morgan fingerprint density at radius 1 is 1.30 bits per heavy atom. The quantitative estimate of drug-likeness (QED) is 0.565. The number of rotatable bonds is 1. The van der Waals surface area contributed by atoms with Crippen LogP contribution in [0.2, 0.25) is 0 Å². The molecule has 0 aromatic carbocycles. The molecule has 1 aliphatic rings. The van der Waals surface area contributed by atoms with E-state index in [0.29, 0.717) is 0 Å². The van der Waals surface area contributed by atoms with Crippen molar-refractivity contribution in [3.8, 4) is 0 Å². The van der Waals surface area contributed by atoms with Crippen molar-refractivity contribution in [3.05, 3.63) is 6.04 Å². The van der Waals surface area contributed by atoms with Crippen molar-refractivity contribution in [2.75, 3.05) is 0 Å². The van der Waals surface area contributed by atoms with Crippen LogP contribution in [0.25, 0.3) is 0 Å². The molecule has 0 heterocycles. The summed E-state index contributed by atoms with van der Waals surface area (Å²) in [5.41, 5.74) is 4.95. The smallest absolute Gasteiger partial charge is 0.312 e. The van der Waals surface area contributed by atoms with Crippen LogP contribution in [0, 0.1) is 6.04 Å². The van der Waals surface area contributed by atoms with Crippen molar-refractivity contribution < 1.29 is 4.79 Å². The maximum atomic E-state index is 10.4. The standard InChI is InChI=1S/C7H13N2O/c8-7(10)9-6-4-2-1-3-5-6/h1-5H2,(H3,8,9,10). The second-order valence-corrected chi connectivity index (χ2v) is 2.65. The van der Waals surface area contributed by atoms with Crippen LogP contribution < -0.4 is 11.1 Å². The van der Waals surface area contributed by atoms with Gasteiger partial charge in [-0.1, -0.05) is 19.3 Å². The first-order valence-electron chi connectivity index (χ1n) is 3.70. The number of carbonyl (C=O) groups is 1. The highest BCUT2D eigenvalue weighted by molar-refractivity contribution is 5.73. The summed E-state index contributed by atoms with van der Waals surface area (Å²) in [5.74, 6) is 0. The summed E-state index contributed by atoms with van der Waals surface area (Å²) in [6.07, 6.45) is 5.70. The van der Waals surface area contributed by atoms with Crippen LogP contribution in [-0.4, -0.2) is 6.03 Å². The van der Waals surface area contributed by atoms with Gasteiger partial charge in [-0.25, -0.2) is 4.79 Å². The van der Waals surface area contributed by atoms with E-state index in [1.807, 2.05) is 0 Å². The Hall–Kier alpha value is -0.730. The normalized spacial score (nSPS) is 20.4. The van der Waals surface area contributed by atoms with E-state index in [4.69, 9.17) is 5.73 Å². The summed E-state index contributed by atoms with van der Waals surface area (Å²) in [4.78, 5) is 10.4. The van der Waals surface area contributed by atoms with Crippen molar-refractivity contribution in [2.45, 2.75) is 32.1 Å². The van der Waals surface area contributed by atoms with Gasteiger partial charge in [-0.3, -0.25) is 0 Å². The molecule has 1 fully saturated rings. The first-order valence-corrected chi connectivity index (χ1v) is 3.70. The average Bonchev–Trinajstić information content (AvgIpc) is 1.88. The van der Waals surface area contributed by atoms with Crippen molar-refractivity contribution in [2.24, 2.45) is 5.73 Å². The number of carbonyl (C=O) groups excluding carboxylic acids is 1. The van der Waals surface area contributed by atoms with E-state index < -0.39 is 6.03 Å². The van der Waals surface area contributed by atoms with E-state index in [2.05, 4.69) is 5.32 Å². The van der Waals surface area contributed by atoms with Crippen LogP contribution in [-0.2, 0) is 0 Å². The molecule has 3 heteroatoms. The molecule has 3 nitrogen and oxygen atoms in total. The molecule has 2 amide bonds. The van der Waals surface area contributed by atoms with Crippen LogP contribution in [0.1, 0.15) is 32.1 Å². The lowest BCUT2D eigenvalue weighted by molar-refractivity contribution is 0.247. The third kappa shape index (κ3) is 2.25. The fourth-order valence-electron chi connectivity index (χ4n) is 1.28. The predicted molar refractivity (Wildman–Crippen MR) is 39.0 cm³/mol. The van der Waals surface area contributed by atoms with E-state index in [0.717, 1.165) is 18.9 Å². The molecule has 0 unspecified atom stereocenters. The van der Waals surface area contributed by atoms with Gasteiger partial charge >= 0.3 is 6.03 Å². The van der Waals surface area contributed by atoms with Crippen LogP contribution in [0.4, 0.5) is 4.79 Å². The molecule has 1 saturated carbocycles. The SMILES string of the molecule is NC(=O)N[C]1CCCCC1. The second kappa shape index (κ2) is 3.44. The maximum absolute atomic E-state index is 10.4. The van der Waals surface area contributed by atoms with Crippen molar-refractivity contribution >= 4 is 6.03 Å². The largest absolute Gasteiger partial charge is 0.352 e. The van der Waals surface area contributed by atoms with Gasteiger partial charge in [-0.05, 0) is 12.8 Å². The first kappa shape index (κ1) is 7.38. The van der Waals surface area contributed by atoms with Gasteiger partial charge in [0.15, 0.2) is 0 Å². The molecule has 3 N–H and O–H groups in total. The zero-order chi connectivity index (χ0) is 7.40. The lowest BCUT2D eigenvalue weighted by atomic mass is 9.96. The highest BCUT2D eigenvalue weighted by Crippen LogP contribution is 2.22. The molecule has 0 aliphatic heterocycles. The highest BCUT2D eigenvalue weighted by atomic mass is 16.2. The Morgan fingerprint density at radius 2 is 1.90 bits per heavy atom. The Morgan fingerprint density at radius 3 is 2.40 bits per heavy atom. The lowest BCUT2D eigenvalue weighted by Gasteiger charge is -2.20. The molecule has 0 saturated heterocycles. The third-order valence-electron chi connectivity index (χ3n) is 1.76. The highest BCUT2D eigenvalue weighted by Gasteiger charge is 2.14. The van der Waals surface area contributed by atoms with Gasteiger partial charge in [0.05, 0.1) is 6.04 Å². The van der Waals surface area contributed by atoms with E-state index in [1.165, 1.54) is 19.3 Å². The number of hydrogen-bond donors (Lipinski definition) is 2. The van der Waals surface area contributed by atoms with Crippen molar-refractivity contribution in [1.82, 2.24) is 5.32 Å². The van der Waals surface area contributed by atoms with E-state index in [9.17, 15) is 4.79 Å². The molecule has 0 aromatic rings. The van der Waals surface area contributed by atoms with Crippen molar-refractivity contribution in [1.29, 1.82) is 0 Å².